The maximum Gasteiger partial charge on any atom is 0.306 e. The Kier molecular flexibility index (Phi) is 19.3. The molecule has 0 aromatic heterocycles. The van der Waals surface area contributed by atoms with Crippen molar-refractivity contribution in [2.75, 3.05) is 6.61 Å². The van der Waals surface area contributed by atoms with Gasteiger partial charge in [0.2, 0.25) is 0 Å². The van der Waals surface area contributed by atoms with Crippen molar-refractivity contribution in [3.05, 3.63) is 12.2 Å². The van der Waals surface area contributed by atoms with Gasteiger partial charge in [-0.1, -0.05) is 64.0 Å². The molecule has 0 fully saturated rings. The molecule has 0 aromatic carbocycles. The third-order valence-electron chi connectivity index (χ3n) is 5.25. The first-order valence-corrected chi connectivity index (χ1v) is 11.9. The summed E-state index contributed by atoms with van der Waals surface area (Å²) in [4.78, 5) is 11.9. The van der Waals surface area contributed by atoms with Gasteiger partial charge in [0.15, 0.2) is 0 Å². The molecule has 178 valence electrons. The van der Waals surface area contributed by atoms with Crippen molar-refractivity contribution in [3.63, 3.8) is 0 Å². The van der Waals surface area contributed by atoms with Crippen LogP contribution >= 0.6 is 0 Å². The topological polar surface area (TPSA) is 107 Å². The SMILES string of the molecule is CCCCCC[C@@H](O)C/C=C\CCCCCCCC(=O)OC(CC(O)CO)C(C)O. The molecule has 0 aliphatic carbocycles. The van der Waals surface area contributed by atoms with Crippen LogP contribution in [-0.2, 0) is 9.53 Å². The van der Waals surface area contributed by atoms with Crippen molar-refractivity contribution in [3.8, 4) is 0 Å². The number of ether oxygens (including phenoxy) is 1. The zero-order valence-corrected chi connectivity index (χ0v) is 19.2. The summed E-state index contributed by atoms with van der Waals surface area (Å²) in [6, 6.07) is 0. The molecule has 0 aliphatic rings. The number of allylic oxidation sites excluding steroid dienone is 1. The molecule has 4 N–H and O–H groups in total. The predicted molar refractivity (Wildman–Crippen MR) is 120 cm³/mol. The highest BCUT2D eigenvalue weighted by Crippen LogP contribution is 2.13. The lowest BCUT2D eigenvalue weighted by Crippen LogP contribution is -2.33. The Bertz CT molecular complexity index is 424. The molecular formula is C24H46O6. The smallest absolute Gasteiger partial charge is 0.306 e. The molecular weight excluding hydrogens is 384 g/mol. The summed E-state index contributed by atoms with van der Waals surface area (Å²) in [5.74, 6) is -0.373. The Balaban J connectivity index is 3.64. The highest BCUT2D eigenvalue weighted by molar-refractivity contribution is 5.69. The first-order valence-electron chi connectivity index (χ1n) is 11.9. The van der Waals surface area contributed by atoms with Crippen molar-refractivity contribution < 1.29 is 30.0 Å². The third-order valence-corrected chi connectivity index (χ3v) is 5.25. The van der Waals surface area contributed by atoms with Gasteiger partial charge in [0.1, 0.15) is 6.10 Å². The molecule has 0 saturated carbocycles. The minimum absolute atomic E-state index is 0.0311. The standard InChI is InChI=1S/C24H46O6/c1-3-4-5-12-15-21(27)16-13-10-8-6-7-9-11-14-17-24(29)30-23(20(2)26)18-22(28)19-25/h10,13,20-23,25-28H,3-9,11-12,14-19H2,1-2H3/b13-10-/t20?,21-,22?,23?/m1/s1. The average Bonchev–Trinajstić information content (AvgIpc) is 2.71. The van der Waals surface area contributed by atoms with Crippen molar-refractivity contribution in [2.45, 2.75) is 128 Å². The molecule has 30 heavy (non-hydrogen) atoms. The van der Waals surface area contributed by atoms with Crippen LogP contribution in [0.1, 0.15) is 104 Å². The molecule has 0 amide bonds. The van der Waals surface area contributed by atoms with Crippen molar-refractivity contribution in [1.82, 2.24) is 0 Å². The number of hydrogen-bond acceptors (Lipinski definition) is 6. The van der Waals surface area contributed by atoms with Gasteiger partial charge >= 0.3 is 5.97 Å². The fourth-order valence-electron chi connectivity index (χ4n) is 3.27. The molecule has 0 saturated heterocycles. The van der Waals surface area contributed by atoms with E-state index >= 15 is 0 Å². The van der Waals surface area contributed by atoms with Crippen LogP contribution in [0.15, 0.2) is 12.2 Å². The highest BCUT2D eigenvalue weighted by atomic mass is 16.6. The van der Waals surface area contributed by atoms with E-state index in [1.807, 2.05) is 0 Å². The summed E-state index contributed by atoms with van der Waals surface area (Å²) in [6.07, 6.45) is 14.1. The van der Waals surface area contributed by atoms with Crippen molar-refractivity contribution >= 4 is 5.97 Å². The monoisotopic (exact) mass is 430 g/mol. The Hall–Kier alpha value is -0.950. The van der Waals surface area contributed by atoms with Crippen LogP contribution in [-0.4, -0.2) is 57.4 Å². The molecule has 0 bridgehead atoms. The van der Waals surface area contributed by atoms with E-state index in [1.165, 1.54) is 26.2 Å². The lowest BCUT2D eigenvalue weighted by Gasteiger charge is -2.22. The number of aliphatic hydroxyl groups is 4. The molecule has 3 unspecified atom stereocenters. The Labute approximate surface area is 183 Å². The molecule has 6 heteroatoms. The third kappa shape index (κ3) is 17.9. The Morgan fingerprint density at radius 2 is 1.57 bits per heavy atom. The van der Waals surface area contributed by atoms with Crippen LogP contribution in [0.3, 0.4) is 0 Å². The van der Waals surface area contributed by atoms with Gasteiger partial charge in [-0.15, -0.1) is 0 Å². The minimum Gasteiger partial charge on any atom is -0.460 e. The number of unbranched alkanes of at least 4 members (excludes halogenated alkanes) is 8. The molecule has 4 atom stereocenters. The van der Waals surface area contributed by atoms with E-state index in [1.54, 1.807) is 0 Å². The highest BCUT2D eigenvalue weighted by Gasteiger charge is 2.22. The van der Waals surface area contributed by atoms with E-state index < -0.39 is 24.9 Å². The van der Waals surface area contributed by atoms with Crippen LogP contribution in [0.5, 0.6) is 0 Å². The number of rotatable bonds is 20. The maximum atomic E-state index is 11.9. The predicted octanol–water partition coefficient (Wildman–Crippen LogP) is 4.03. The zero-order valence-electron chi connectivity index (χ0n) is 19.2. The second-order valence-corrected chi connectivity index (χ2v) is 8.36. The number of aliphatic hydroxyl groups excluding tert-OH is 4. The summed E-state index contributed by atoms with van der Waals surface area (Å²) in [7, 11) is 0. The second kappa shape index (κ2) is 20.0. The molecule has 0 heterocycles. The van der Waals surface area contributed by atoms with Gasteiger partial charge in [-0.25, -0.2) is 0 Å². The zero-order chi connectivity index (χ0) is 22.6. The van der Waals surface area contributed by atoms with Gasteiger partial charge in [-0.05, 0) is 39.0 Å². The average molecular weight is 431 g/mol. The van der Waals surface area contributed by atoms with Gasteiger partial charge in [0.25, 0.3) is 0 Å². The first kappa shape index (κ1) is 29.1. The summed E-state index contributed by atoms with van der Waals surface area (Å²) in [5, 5.41) is 37.9. The van der Waals surface area contributed by atoms with Gasteiger partial charge < -0.3 is 25.2 Å². The minimum atomic E-state index is -1.000. The summed E-state index contributed by atoms with van der Waals surface area (Å²) >= 11 is 0. The summed E-state index contributed by atoms with van der Waals surface area (Å²) in [6.45, 7) is 3.27. The van der Waals surface area contributed by atoms with E-state index in [2.05, 4.69) is 19.1 Å². The lowest BCUT2D eigenvalue weighted by atomic mass is 10.1. The van der Waals surface area contributed by atoms with E-state index in [0.717, 1.165) is 57.8 Å². The van der Waals surface area contributed by atoms with Gasteiger partial charge in [-0.2, -0.15) is 0 Å². The van der Waals surface area contributed by atoms with Crippen LogP contribution in [0.2, 0.25) is 0 Å². The largest absolute Gasteiger partial charge is 0.460 e. The molecule has 6 nitrogen and oxygen atoms in total. The quantitative estimate of drug-likeness (QED) is 0.132. The molecule has 0 radical (unpaired) electrons. The second-order valence-electron chi connectivity index (χ2n) is 8.36. The van der Waals surface area contributed by atoms with E-state index in [4.69, 9.17) is 9.84 Å². The Morgan fingerprint density at radius 3 is 2.23 bits per heavy atom. The first-order chi connectivity index (χ1) is 14.4. The number of carbonyl (C=O) groups excluding carboxylic acids is 1. The van der Waals surface area contributed by atoms with Gasteiger partial charge in [0.05, 0.1) is 24.9 Å². The summed E-state index contributed by atoms with van der Waals surface area (Å²) < 4.78 is 5.22. The van der Waals surface area contributed by atoms with Crippen molar-refractivity contribution in [1.29, 1.82) is 0 Å². The fraction of sp³-hybridized carbons (Fsp3) is 0.875. The number of esters is 1. The van der Waals surface area contributed by atoms with E-state index in [9.17, 15) is 20.1 Å². The van der Waals surface area contributed by atoms with Gasteiger partial charge in [-0.3, -0.25) is 4.79 Å². The molecule has 0 rings (SSSR count). The number of carbonyl (C=O) groups is 1. The fourth-order valence-corrected chi connectivity index (χ4v) is 3.27. The molecule has 0 spiro atoms. The molecule has 0 aromatic rings. The normalized spacial score (nSPS) is 15.8. The Morgan fingerprint density at radius 1 is 0.900 bits per heavy atom. The van der Waals surface area contributed by atoms with Crippen LogP contribution < -0.4 is 0 Å². The van der Waals surface area contributed by atoms with Gasteiger partial charge in [0, 0.05) is 12.8 Å². The number of hydrogen-bond donors (Lipinski definition) is 4. The van der Waals surface area contributed by atoms with E-state index in [-0.39, 0.29) is 18.5 Å². The lowest BCUT2D eigenvalue weighted by molar-refractivity contribution is -0.157. The summed E-state index contributed by atoms with van der Waals surface area (Å²) in [5.41, 5.74) is 0. The van der Waals surface area contributed by atoms with Crippen LogP contribution in [0.4, 0.5) is 0 Å². The molecule has 0 aliphatic heterocycles. The van der Waals surface area contributed by atoms with E-state index in [0.29, 0.717) is 6.42 Å². The van der Waals surface area contributed by atoms with Crippen molar-refractivity contribution in [2.24, 2.45) is 0 Å². The van der Waals surface area contributed by atoms with Crippen LogP contribution in [0, 0.1) is 0 Å². The van der Waals surface area contributed by atoms with Crippen LogP contribution in [0.25, 0.3) is 0 Å². The maximum absolute atomic E-state index is 11.9.